The Balaban J connectivity index is 1.92. The average Bonchev–Trinajstić information content (AvgIpc) is 3.16. The zero-order valence-electron chi connectivity index (χ0n) is 10.3. The van der Waals surface area contributed by atoms with Crippen molar-refractivity contribution in [3.05, 3.63) is 35.9 Å². The predicted octanol–water partition coefficient (Wildman–Crippen LogP) is 1.86. The normalized spacial score (nSPS) is 16.5. The maximum atomic E-state index is 11.4. The molecular weight excluding hydrogens is 212 g/mol. The third kappa shape index (κ3) is 3.56. The van der Waals surface area contributed by atoms with Crippen LogP contribution in [0.3, 0.4) is 0 Å². The maximum Gasteiger partial charge on any atom is 0.233 e. The molecule has 3 heteroatoms. The van der Waals surface area contributed by atoms with Crippen molar-refractivity contribution in [2.75, 3.05) is 13.1 Å². The van der Waals surface area contributed by atoms with Crippen LogP contribution >= 0.6 is 0 Å². The third-order valence-electron chi connectivity index (χ3n) is 3.11. The lowest BCUT2D eigenvalue weighted by molar-refractivity contribution is -0.120. The Morgan fingerprint density at radius 1 is 1.35 bits per heavy atom. The number of rotatable bonds is 6. The van der Waals surface area contributed by atoms with E-state index in [1.54, 1.807) is 0 Å². The number of carbonyl (C=O) groups excluding carboxylic acids is 1. The number of carbonyl (C=O) groups is 1. The molecule has 1 aromatic carbocycles. The van der Waals surface area contributed by atoms with E-state index in [0.717, 1.165) is 0 Å². The molecule has 1 amide bonds. The fourth-order valence-corrected chi connectivity index (χ4v) is 2.11. The lowest BCUT2D eigenvalue weighted by Crippen LogP contribution is -2.36. The second-order valence-electron chi connectivity index (χ2n) is 4.56. The van der Waals surface area contributed by atoms with Crippen LogP contribution in [0.2, 0.25) is 0 Å². The molecule has 1 atom stereocenters. The van der Waals surface area contributed by atoms with Crippen LogP contribution in [0, 0.1) is 5.92 Å². The molecule has 1 aromatic rings. The largest absolute Gasteiger partial charge is 0.355 e. The second-order valence-corrected chi connectivity index (χ2v) is 4.56. The molecule has 0 heterocycles. The number of benzene rings is 1. The first-order chi connectivity index (χ1) is 8.31. The Kier molecular flexibility index (Phi) is 4.15. The molecule has 2 rings (SSSR count). The summed E-state index contributed by atoms with van der Waals surface area (Å²) in [5.41, 5.74) is 1.29. The standard InChI is InChI=1S/C14H20N2O/c1-2-15-13(17)10-16-14(12-8-9-12)11-6-4-3-5-7-11/h3-7,12,14,16H,2,8-10H2,1H3,(H,15,17). The van der Waals surface area contributed by atoms with Crippen molar-refractivity contribution in [3.63, 3.8) is 0 Å². The van der Waals surface area contributed by atoms with Crippen LogP contribution < -0.4 is 10.6 Å². The predicted molar refractivity (Wildman–Crippen MR) is 68.6 cm³/mol. The van der Waals surface area contributed by atoms with Crippen LogP contribution in [0.15, 0.2) is 30.3 Å². The summed E-state index contributed by atoms with van der Waals surface area (Å²) in [5, 5.41) is 6.18. The number of hydrogen-bond donors (Lipinski definition) is 2. The SMILES string of the molecule is CCNC(=O)CNC(c1ccccc1)C1CC1. The van der Waals surface area contributed by atoms with Crippen molar-refractivity contribution in [3.8, 4) is 0 Å². The van der Waals surface area contributed by atoms with Crippen molar-refractivity contribution in [1.82, 2.24) is 10.6 Å². The summed E-state index contributed by atoms with van der Waals surface area (Å²) in [6.07, 6.45) is 2.53. The summed E-state index contributed by atoms with van der Waals surface area (Å²) in [4.78, 5) is 11.4. The Labute approximate surface area is 103 Å². The highest BCUT2D eigenvalue weighted by atomic mass is 16.1. The molecule has 3 nitrogen and oxygen atoms in total. The van der Waals surface area contributed by atoms with Gasteiger partial charge in [-0.1, -0.05) is 30.3 Å². The smallest absolute Gasteiger partial charge is 0.233 e. The van der Waals surface area contributed by atoms with E-state index >= 15 is 0 Å². The first-order valence-electron chi connectivity index (χ1n) is 6.36. The van der Waals surface area contributed by atoms with Crippen LogP contribution in [-0.4, -0.2) is 19.0 Å². The lowest BCUT2D eigenvalue weighted by atomic mass is 10.0. The summed E-state index contributed by atoms with van der Waals surface area (Å²) in [5.74, 6) is 0.779. The fraction of sp³-hybridized carbons (Fsp3) is 0.500. The van der Waals surface area contributed by atoms with Crippen LogP contribution in [0.5, 0.6) is 0 Å². The van der Waals surface area contributed by atoms with E-state index in [0.29, 0.717) is 25.0 Å². The molecule has 0 saturated heterocycles. The Hall–Kier alpha value is -1.35. The van der Waals surface area contributed by atoms with Gasteiger partial charge >= 0.3 is 0 Å². The van der Waals surface area contributed by atoms with Gasteiger partial charge in [0.05, 0.1) is 6.54 Å². The van der Waals surface area contributed by atoms with E-state index in [4.69, 9.17) is 0 Å². The van der Waals surface area contributed by atoms with E-state index in [1.165, 1.54) is 18.4 Å². The molecule has 17 heavy (non-hydrogen) atoms. The number of amides is 1. The summed E-state index contributed by atoms with van der Waals surface area (Å²) >= 11 is 0. The van der Waals surface area contributed by atoms with Gasteiger partial charge in [0.2, 0.25) is 5.91 Å². The molecule has 2 N–H and O–H groups in total. The van der Waals surface area contributed by atoms with Gasteiger partial charge in [-0.3, -0.25) is 4.79 Å². The minimum atomic E-state index is 0.0779. The quantitative estimate of drug-likeness (QED) is 0.786. The molecule has 0 radical (unpaired) electrons. The van der Waals surface area contributed by atoms with Crippen molar-refractivity contribution in [1.29, 1.82) is 0 Å². The molecule has 92 valence electrons. The van der Waals surface area contributed by atoms with Crippen molar-refractivity contribution in [2.24, 2.45) is 5.92 Å². The van der Waals surface area contributed by atoms with Gasteiger partial charge in [0.15, 0.2) is 0 Å². The maximum absolute atomic E-state index is 11.4. The van der Waals surface area contributed by atoms with Gasteiger partial charge in [-0.25, -0.2) is 0 Å². The molecule has 0 aromatic heterocycles. The van der Waals surface area contributed by atoms with Crippen LogP contribution in [0.25, 0.3) is 0 Å². The fourth-order valence-electron chi connectivity index (χ4n) is 2.11. The summed E-state index contributed by atoms with van der Waals surface area (Å²) in [7, 11) is 0. The third-order valence-corrected chi connectivity index (χ3v) is 3.11. The first-order valence-corrected chi connectivity index (χ1v) is 6.36. The molecule has 1 fully saturated rings. The molecular formula is C14H20N2O. The van der Waals surface area contributed by atoms with Crippen molar-refractivity contribution < 1.29 is 4.79 Å². The first kappa shape index (κ1) is 12.1. The Morgan fingerprint density at radius 3 is 2.65 bits per heavy atom. The number of nitrogens with one attached hydrogen (secondary N) is 2. The van der Waals surface area contributed by atoms with Crippen molar-refractivity contribution >= 4 is 5.91 Å². The highest BCUT2D eigenvalue weighted by molar-refractivity contribution is 5.77. The lowest BCUT2D eigenvalue weighted by Gasteiger charge is -2.18. The summed E-state index contributed by atoms with van der Waals surface area (Å²) in [6.45, 7) is 3.04. The molecule has 1 aliphatic carbocycles. The van der Waals surface area contributed by atoms with E-state index in [-0.39, 0.29) is 5.91 Å². The zero-order chi connectivity index (χ0) is 12.1. The molecule has 1 aliphatic rings. The zero-order valence-corrected chi connectivity index (χ0v) is 10.3. The van der Waals surface area contributed by atoms with Gasteiger partial charge in [0, 0.05) is 12.6 Å². The molecule has 0 aliphatic heterocycles. The molecule has 0 bridgehead atoms. The minimum absolute atomic E-state index is 0.0779. The Bertz CT molecular complexity index is 360. The van der Waals surface area contributed by atoms with Gasteiger partial charge in [-0.2, -0.15) is 0 Å². The molecule has 0 spiro atoms. The van der Waals surface area contributed by atoms with E-state index in [2.05, 4.69) is 34.9 Å². The number of likely N-dealkylation sites (N-methyl/N-ethyl adjacent to an activating group) is 1. The number of hydrogen-bond acceptors (Lipinski definition) is 2. The highest BCUT2D eigenvalue weighted by Crippen LogP contribution is 2.40. The van der Waals surface area contributed by atoms with Gasteiger partial charge in [-0.05, 0) is 31.2 Å². The van der Waals surface area contributed by atoms with Gasteiger partial charge in [-0.15, -0.1) is 0 Å². The van der Waals surface area contributed by atoms with Crippen LogP contribution in [-0.2, 0) is 4.79 Å². The molecule has 1 unspecified atom stereocenters. The minimum Gasteiger partial charge on any atom is -0.355 e. The monoisotopic (exact) mass is 232 g/mol. The van der Waals surface area contributed by atoms with E-state index in [9.17, 15) is 4.79 Å². The Morgan fingerprint density at radius 2 is 2.06 bits per heavy atom. The highest BCUT2D eigenvalue weighted by Gasteiger charge is 2.32. The molecule has 1 saturated carbocycles. The van der Waals surface area contributed by atoms with Crippen molar-refractivity contribution in [2.45, 2.75) is 25.8 Å². The summed E-state index contributed by atoms with van der Waals surface area (Å²) < 4.78 is 0. The average molecular weight is 232 g/mol. The second kappa shape index (κ2) is 5.82. The van der Waals surface area contributed by atoms with Crippen LogP contribution in [0.4, 0.5) is 0 Å². The van der Waals surface area contributed by atoms with Gasteiger partial charge in [0.1, 0.15) is 0 Å². The topological polar surface area (TPSA) is 41.1 Å². The van der Waals surface area contributed by atoms with Crippen LogP contribution in [0.1, 0.15) is 31.4 Å². The van der Waals surface area contributed by atoms with Gasteiger partial charge < -0.3 is 10.6 Å². The van der Waals surface area contributed by atoms with E-state index in [1.807, 2.05) is 13.0 Å². The summed E-state index contributed by atoms with van der Waals surface area (Å²) in [6, 6.07) is 10.7. The van der Waals surface area contributed by atoms with E-state index < -0.39 is 0 Å². The van der Waals surface area contributed by atoms with Gasteiger partial charge in [0.25, 0.3) is 0 Å².